The van der Waals surface area contributed by atoms with Gasteiger partial charge in [0, 0.05) is 7.11 Å². The van der Waals surface area contributed by atoms with Crippen molar-refractivity contribution in [2.45, 2.75) is 38.9 Å². The first-order chi connectivity index (χ1) is 13.1. The van der Waals surface area contributed by atoms with E-state index in [1.807, 2.05) is 30.3 Å². The summed E-state index contributed by atoms with van der Waals surface area (Å²) in [5, 5.41) is 0. The van der Waals surface area contributed by atoms with Crippen LogP contribution in [-0.4, -0.2) is 45.7 Å². The summed E-state index contributed by atoms with van der Waals surface area (Å²) in [6, 6.07) is 18.5. The van der Waals surface area contributed by atoms with Crippen LogP contribution in [0.15, 0.2) is 54.6 Å². The summed E-state index contributed by atoms with van der Waals surface area (Å²) >= 11 is 0. The van der Waals surface area contributed by atoms with Crippen LogP contribution in [0.4, 0.5) is 0 Å². The van der Waals surface area contributed by atoms with Gasteiger partial charge in [-0.15, -0.1) is 0 Å². The quantitative estimate of drug-likeness (QED) is 0.694. The summed E-state index contributed by atoms with van der Waals surface area (Å²) in [4.78, 5) is 0. The fourth-order valence-corrected chi connectivity index (χ4v) is 2.17. The van der Waals surface area contributed by atoms with Crippen LogP contribution < -0.4 is 4.74 Å². The first kappa shape index (κ1) is 21.4. The maximum Gasteiger partial charge on any atom is 0.119 e. The number of para-hydroxylation sites is 1. The van der Waals surface area contributed by atoms with Gasteiger partial charge in [0.05, 0.1) is 19.8 Å². The van der Waals surface area contributed by atoms with Crippen LogP contribution in [0.3, 0.4) is 0 Å². The first-order valence-corrected chi connectivity index (χ1v) is 9.55. The average molecular weight is 373 g/mol. The van der Waals surface area contributed by atoms with Gasteiger partial charge in [-0.2, -0.15) is 0 Å². The Kier molecular flexibility index (Phi) is 9.32. The topological polar surface area (TPSA) is 43.5 Å². The number of methoxy groups -OCH3 is 1. The van der Waals surface area contributed by atoms with Crippen molar-refractivity contribution in [1.82, 2.24) is 0 Å². The second kappa shape index (κ2) is 11.8. The van der Waals surface area contributed by atoms with E-state index in [9.17, 15) is 0 Å². The second-order valence-corrected chi connectivity index (χ2v) is 7.06. The van der Waals surface area contributed by atoms with Crippen LogP contribution in [-0.2, 0) is 14.2 Å². The summed E-state index contributed by atoms with van der Waals surface area (Å²) in [5.74, 6) is 1.57. The summed E-state index contributed by atoms with van der Waals surface area (Å²) < 4.78 is 20.0. The van der Waals surface area contributed by atoms with Crippen molar-refractivity contribution in [3.05, 3.63) is 65.7 Å². The van der Waals surface area contributed by atoms with Gasteiger partial charge in [0.15, 0.2) is 0 Å². The lowest BCUT2D eigenvalue weighted by Crippen LogP contribution is -2.03. The third-order valence-corrected chi connectivity index (χ3v) is 4.08. The minimum Gasteiger partial charge on any atom is -0.491 e. The molecule has 0 radical (unpaired) electrons. The molecule has 2 aliphatic rings. The van der Waals surface area contributed by atoms with Crippen molar-refractivity contribution in [1.29, 1.82) is 0 Å². The standard InChI is InChI=1S/C10H14.C9H10O2.C4H8O2/c1-8(2)10-6-4-9(3)5-7-10;1-2-4-8(5-3-1)10-6-9-7-11-9;1-5-2-4-3-6-4/h4-8H,1-3H3;1-5,9H,6-7H2;4H,2-3H2,1H3. The lowest BCUT2D eigenvalue weighted by molar-refractivity contribution is 0.171. The second-order valence-electron chi connectivity index (χ2n) is 7.06. The molecule has 0 spiro atoms. The third-order valence-electron chi connectivity index (χ3n) is 4.08. The highest BCUT2D eigenvalue weighted by atomic mass is 16.6. The Labute approximate surface area is 163 Å². The van der Waals surface area contributed by atoms with E-state index in [0.717, 1.165) is 25.6 Å². The van der Waals surface area contributed by atoms with E-state index < -0.39 is 0 Å². The molecule has 4 rings (SSSR count). The summed E-state index contributed by atoms with van der Waals surface area (Å²) in [6.07, 6.45) is 0.769. The summed E-state index contributed by atoms with van der Waals surface area (Å²) in [7, 11) is 1.68. The Hall–Kier alpha value is -1.88. The summed E-state index contributed by atoms with van der Waals surface area (Å²) in [5.41, 5.74) is 2.76. The molecular formula is C23H32O4. The van der Waals surface area contributed by atoms with E-state index in [1.54, 1.807) is 7.11 Å². The molecule has 2 unspecified atom stereocenters. The number of aryl methyl sites for hydroxylation is 1. The van der Waals surface area contributed by atoms with Crippen molar-refractivity contribution in [3.8, 4) is 5.75 Å². The van der Waals surface area contributed by atoms with E-state index >= 15 is 0 Å². The molecule has 2 aliphatic heterocycles. The monoisotopic (exact) mass is 372 g/mol. The summed E-state index contributed by atoms with van der Waals surface area (Å²) in [6.45, 7) is 9.74. The molecular weight excluding hydrogens is 340 g/mol. The molecule has 2 fully saturated rings. The number of hydrogen-bond donors (Lipinski definition) is 0. The number of epoxide rings is 2. The van der Waals surface area contributed by atoms with Crippen LogP contribution in [0, 0.1) is 6.92 Å². The van der Waals surface area contributed by atoms with Crippen LogP contribution >= 0.6 is 0 Å². The number of hydrogen-bond acceptors (Lipinski definition) is 4. The highest BCUT2D eigenvalue weighted by Crippen LogP contribution is 2.14. The maximum atomic E-state index is 5.40. The zero-order chi connectivity index (χ0) is 19.5. The molecule has 2 heterocycles. The van der Waals surface area contributed by atoms with Gasteiger partial charge in [-0.1, -0.05) is 61.9 Å². The van der Waals surface area contributed by atoms with Crippen molar-refractivity contribution in [2.75, 3.05) is 33.5 Å². The lowest BCUT2D eigenvalue weighted by Gasteiger charge is -2.03. The van der Waals surface area contributed by atoms with E-state index in [0.29, 0.717) is 24.7 Å². The predicted molar refractivity (Wildman–Crippen MR) is 109 cm³/mol. The van der Waals surface area contributed by atoms with E-state index in [-0.39, 0.29) is 0 Å². The van der Waals surface area contributed by atoms with Crippen molar-refractivity contribution in [3.63, 3.8) is 0 Å². The molecule has 2 atom stereocenters. The molecule has 0 amide bonds. The first-order valence-electron chi connectivity index (χ1n) is 9.55. The minimum atomic E-state index is 0.343. The van der Waals surface area contributed by atoms with Gasteiger partial charge in [-0.05, 0) is 30.5 Å². The Morgan fingerprint density at radius 3 is 1.89 bits per heavy atom. The van der Waals surface area contributed by atoms with E-state index in [1.165, 1.54) is 11.1 Å². The van der Waals surface area contributed by atoms with Gasteiger partial charge in [0.25, 0.3) is 0 Å². The maximum absolute atomic E-state index is 5.40. The highest BCUT2D eigenvalue weighted by Gasteiger charge is 2.22. The van der Waals surface area contributed by atoms with Gasteiger partial charge in [-0.25, -0.2) is 0 Å². The Balaban J connectivity index is 0.000000152. The smallest absolute Gasteiger partial charge is 0.119 e. The van der Waals surface area contributed by atoms with Crippen LogP contribution in [0.25, 0.3) is 0 Å². The van der Waals surface area contributed by atoms with Crippen molar-refractivity contribution < 1.29 is 18.9 Å². The van der Waals surface area contributed by atoms with Crippen molar-refractivity contribution in [2.24, 2.45) is 0 Å². The highest BCUT2D eigenvalue weighted by molar-refractivity contribution is 5.23. The molecule has 2 aromatic rings. The van der Waals surface area contributed by atoms with Gasteiger partial charge in [-0.3, -0.25) is 0 Å². The molecule has 0 N–H and O–H groups in total. The molecule has 2 aromatic carbocycles. The van der Waals surface area contributed by atoms with Gasteiger partial charge in [0.1, 0.15) is 24.6 Å². The van der Waals surface area contributed by atoms with Crippen molar-refractivity contribution >= 4 is 0 Å². The molecule has 148 valence electrons. The van der Waals surface area contributed by atoms with E-state index in [4.69, 9.17) is 18.9 Å². The molecule has 0 saturated carbocycles. The van der Waals surface area contributed by atoms with Crippen LogP contribution in [0.2, 0.25) is 0 Å². The fourth-order valence-electron chi connectivity index (χ4n) is 2.17. The fraction of sp³-hybridized carbons (Fsp3) is 0.478. The van der Waals surface area contributed by atoms with Gasteiger partial charge < -0.3 is 18.9 Å². The van der Waals surface area contributed by atoms with Gasteiger partial charge >= 0.3 is 0 Å². The molecule has 4 heteroatoms. The Morgan fingerprint density at radius 1 is 0.889 bits per heavy atom. The minimum absolute atomic E-state index is 0.343. The zero-order valence-electron chi connectivity index (χ0n) is 16.9. The lowest BCUT2D eigenvalue weighted by atomic mass is 10.0. The molecule has 2 saturated heterocycles. The number of rotatable bonds is 6. The zero-order valence-corrected chi connectivity index (χ0v) is 16.9. The van der Waals surface area contributed by atoms with Gasteiger partial charge in [0.2, 0.25) is 0 Å². The molecule has 0 bridgehead atoms. The van der Waals surface area contributed by atoms with E-state index in [2.05, 4.69) is 45.0 Å². The molecule has 27 heavy (non-hydrogen) atoms. The van der Waals surface area contributed by atoms with Crippen LogP contribution in [0.1, 0.15) is 30.9 Å². The Morgan fingerprint density at radius 2 is 1.44 bits per heavy atom. The third kappa shape index (κ3) is 10.1. The SMILES string of the molecule is COCC1CO1.Cc1ccc(C(C)C)cc1.c1ccc(OCC2CO2)cc1. The molecule has 0 aromatic heterocycles. The Bertz CT molecular complexity index is 617. The molecule has 0 aliphatic carbocycles. The number of benzene rings is 2. The average Bonchev–Trinajstić information content (AvgIpc) is 3.58. The van der Waals surface area contributed by atoms with Crippen LogP contribution in [0.5, 0.6) is 5.75 Å². The normalized spacial score (nSPS) is 19.3. The molecule has 4 nitrogen and oxygen atoms in total. The largest absolute Gasteiger partial charge is 0.491 e. The predicted octanol–water partition coefficient (Wildman–Crippen LogP) is 4.61. The number of ether oxygens (including phenoxy) is 4.